The fourth-order valence-corrected chi connectivity index (χ4v) is 3.68. The van der Waals surface area contributed by atoms with E-state index in [0.29, 0.717) is 5.92 Å². The Balaban J connectivity index is 1.31. The monoisotopic (exact) mass is 383 g/mol. The van der Waals surface area contributed by atoms with E-state index in [-0.39, 0.29) is 30.2 Å². The summed E-state index contributed by atoms with van der Waals surface area (Å²) in [6, 6.07) is 8.10. The van der Waals surface area contributed by atoms with Crippen molar-refractivity contribution in [3.8, 4) is 5.69 Å². The van der Waals surface area contributed by atoms with Crippen LogP contribution in [0.1, 0.15) is 41.7 Å². The van der Waals surface area contributed by atoms with Crippen LogP contribution in [0.3, 0.4) is 0 Å². The molecule has 0 bridgehead atoms. The summed E-state index contributed by atoms with van der Waals surface area (Å²) in [4.78, 5) is 25.6. The first-order valence-corrected chi connectivity index (χ1v) is 9.74. The second kappa shape index (κ2) is 7.71. The Hall–Kier alpha value is -2.74. The van der Waals surface area contributed by atoms with Gasteiger partial charge in [-0.3, -0.25) is 14.5 Å². The summed E-state index contributed by atoms with van der Waals surface area (Å²) in [5.74, 6) is -0.389. The highest BCUT2D eigenvalue weighted by molar-refractivity contribution is 5.92. The summed E-state index contributed by atoms with van der Waals surface area (Å²) in [5.41, 5.74) is 2.25. The molecule has 0 unspecified atom stereocenters. The van der Waals surface area contributed by atoms with E-state index in [2.05, 4.69) is 20.5 Å². The topological polar surface area (TPSA) is 100 Å². The number of aromatic nitrogens is 3. The van der Waals surface area contributed by atoms with E-state index in [9.17, 15) is 9.59 Å². The Morgan fingerprint density at radius 1 is 1.32 bits per heavy atom. The maximum absolute atomic E-state index is 12.5. The van der Waals surface area contributed by atoms with Gasteiger partial charge in [0, 0.05) is 18.6 Å². The zero-order valence-corrected chi connectivity index (χ0v) is 15.9. The average molecular weight is 383 g/mol. The average Bonchev–Trinajstić information content (AvgIpc) is 3.28. The molecule has 2 aromatic rings. The third-order valence-electron chi connectivity index (χ3n) is 5.49. The minimum Gasteiger partial charge on any atom is -0.480 e. The van der Waals surface area contributed by atoms with Gasteiger partial charge < -0.3 is 10.4 Å². The first-order valence-electron chi connectivity index (χ1n) is 9.74. The molecule has 2 aliphatic rings. The molecule has 2 saturated carbocycles. The molecule has 8 heteroatoms. The van der Waals surface area contributed by atoms with Gasteiger partial charge in [0.2, 0.25) is 0 Å². The molecule has 1 aromatic carbocycles. The summed E-state index contributed by atoms with van der Waals surface area (Å²) in [6.07, 6.45) is 5.57. The lowest BCUT2D eigenvalue weighted by Crippen LogP contribution is -2.55. The number of rotatable bonds is 8. The maximum Gasteiger partial charge on any atom is 0.317 e. The number of hydrogen-bond donors (Lipinski definition) is 2. The van der Waals surface area contributed by atoms with E-state index in [4.69, 9.17) is 5.11 Å². The normalized spacial score (nSPS) is 21.4. The van der Waals surface area contributed by atoms with Crippen molar-refractivity contribution >= 4 is 11.9 Å². The van der Waals surface area contributed by atoms with E-state index in [1.807, 2.05) is 31.2 Å². The summed E-state index contributed by atoms with van der Waals surface area (Å²) in [6.45, 7) is 2.92. The molecule has 1 aromatic heterocycles. The number of nitrogens with zero attached hydrogens (tertiary/aromatic N) is 4. The number of nitrogens with one attached hydrogen (secondary N) is 1. The molecule has 2 aliphatic carbocycles. The first-order chi connectivity index (χ1) is 13.5. The molecule has 28 heavy (non-hydrogen) atoms. The molecule has 1 amide bonds. The van der Waals surface area contributed by atoms with Crippen molar-refractivity contribution in [2.45, 2.75) is 44.7 Å². The number of aliphatic carboxylic acids is 1. The summed E-state index contributed by atoms with van der Waals surface area (Å²) < 4.78 is 1.59. The zero-order valence-electron chi connectivity index (χ0n) is 15.9. The molecular weight excluding hydrogens is 358 g/mol. The van der Waals surface area contributed by atoms with Gasteiger partial charge in [-0.2, -0.15) is 0 Å². The van der Waals surface area contributed by atoms with Crippen LogP contribution in [0.25, 0.3) is 5.69 Å². The highest BCUT2D eigenvalue weighted by atomic mass is 16.4. The number of carboxylic acids is 1. The van der Waals surface area contributed by atoms with Crippen LogP contribution in [0, 0.1) is 12.8 Å². The summed E-state index contributed by atoms with van der Waals surface area (Å²) in [5, 5.41) is 20.2. The van der Waals surface area contributed by atoms with Gasteiger partial charge in [0.05, 0.1) is 18.4 Å². The molecule has 8 nitrogen and oxygen atoms in total. The first kappa shape index (κ1) is 18.6. The molecule has 0 spiro atoms. The van der Waals surface area contributed by atoms with Gasteiger partial charge in [0.1, 0.15) is 0 Å². The van der Waals surface area contributed by atoms with Gasteiger partial charge in [-0.1, -0.05) is 17.3 Å². The number of benzene rings is 1. The van der Waals surface area contributed by atoms with Crippen molar-refractivity contribution in [2.75, 3.05) is 13.1 Å². The maximum atomic E-state index is 12.5. The van der Waals surface area contributed by atoms with Gasteiger partial charge in [0.25, 0.3) is 5.91 Å². The molecule has 2 N–H and O–H groups in total. The molecule has 4 rings (SSSR count). The molecule has 0 aliphatic heterocycles. The van der Waals surface area contributed by atoms with E-state index in [1.165, 1.54) is 12.8 Å². The van der Waals surface area contributed by atoms with E-state index >= 15 is 0 Å². The quantitative estimate of drug-likeness (QED) is 0.719. The second-order valence-electron chi connectivity index (χ2n) is 7.95. The standard InChI is InChI=1S/C20H25N5O3/c1-13-3-2-4-16(7-13)25-11-18(22-23-25)20(28)21-15-8-17(9-15)24(12-19(26)27)10-14-5-6-14/h2-4,7,11,14-15,17H,5-6,8-10,12H2,1H3,(H,21,28)(H,26,27). The fourth-order valence-electron chi connectivity index (χ4n) is 3.68. The SMILES string of the molecule is Cc1cccc(-n2cc(C(=O)NC3CC(N(CC(=O)O)CC4CC4)C3)nn2)c1. The van der Waals surface area contributed by atoms with E-state index in [0.717, 1.165) is 30.6 Å². The number of carbonyl (C=O) groups excluding carboxylic acids is 1. The molecule has 0 atom stereocenters. The Labute approximate surface area is 163 Å². The van der Waals surface area contributed by atoms with E-state index < -0.39 is 5.97 Å². The van der Waals surface area contributed by atoms with Crippen LogP contribution >= 0.6 is 0 Å². The fraction of sp³-hybridized carbons (Fsp3) is 0.500. The third kappa shape index (κ3) is 4.39. The van der Waals surface area contributed by atoms with Crippen molar-refractivity contribution in [1.82, 2.24) is 25.2 Å². The van der Waals surface area contributed by atoms with Crippen molar-refractivity contribution in [2.24, 2.45) is 5.92 Å². The molecule has 2 fully saturated rings. The van der Waals surface area contributed by atoms with Crippen molar-refractivity contribution in [3.63, 3.8) is 0 Å². The minimum atomic E-state index is -0.791. The number of amides is 1. The number of carbonyl (C=O) groups is 2. The highest BCUT2D eigenvalue weighted by Gasteiger charge is 2.38. The molecule has 0 radical (unpaired) electrons. The lowest BCUT2D eigenvalue weighted by molar-refractivity contribution is -0.139. The zero-order chi connectivity index (χ0) is 19.7. The van der Waals surface area contributed by atoms with E-state index in [1.54, 1.807) is 10.9 Å². The van der Waals surface area contributed by atoms with Gasteiger partial charge in [-0.25, -0.2) is 4.68 Å². The summed E-state index contributed by atoms with van der Waals surface area (Å²) >= 11 is 0. The Morgan fingerprint density at radius 2 is 2.11 bits per heavy atom. The second-order valence-corrected chi connectivity index (χ2v) is 7.95. The van der Waals surface area contributed by atoms with Crippen molar-refractivity contribution in [3.05, 3.63) is 41.7 Å². The van der Waals surface area contributed by atoms with Crippen LogP contribution in [0.4, 0.5) is 0 Å². The molecular formula is C20H25N5O3. The number of carboxylic acid groups (broad SMARTS) is 1. The molecule has 148 valence electrons. The third-order valence-corrected chi connectivity index (χ3v) is 5.49. The summed E-state index contributed by atoms with van der Waals surface area (Å²) in [7, 11) is 0. The lowest BCUT2D eigenvalue weighted by atomic mass is 9.85. The van der Waals surface area contributed by atoms with Gasteiger partial charge >= 0.3 is 5.97 Å². The largest absolute Gasteiger partial charge is 0.480 e. The number of hydrogen-bond acceptors (Lipinski definition) is 5. The highest BCUT2D eigenvalue weighted by Crippen LogP contribution is 2.33. The van der Waals surface area contributed by atoms with Crippen LogP contribution in [0.2, 0.25) is 0 Å². The molecule has 0 saturated heterocycles. The minimum absolute atomic E-state index is 0.0529. The lowest BCUT2D eigenvalue weighted by Gasteiger charge is -2.42. The van der Waals surface area contributed by atoms with Gasteiger partial charge in [0.15, 0.2) is 5.69 Å². The Morgan fingerprint density at radius 3 is 2.79 bits per heavy atom. The van der Waals surface area contributed by atoms with Crippen molar-refractivity contribution in [1.29, 1.82) is 0 Å². The predicted octanol–water partition coefficient (Wildman–Crippen LogP) is 1.63. The van der Waals surface area contributed by atoms with Gasteiger partial charge in [-0.15, -0.1) is 5.10 Å². The van der Waals surface area contributed by atoms with Crippen LogP contribution < -0.4 is 5.32 Å². The smallest absolute Gasteiger partial charge is 0.317 e. The van der Waals surface area contributed by atoms with Crippen LogP contribution in [-0.4, -0.2) is 62.0 Å². The van der Waals surface area contributed by atoms with Gasteiger partial charge in [-0.05, 0) is 56.2 Å². The molecule has 1 heterocycles. The Bertz CT molecular complexity index is 870. The predicted molar refractivity (Wildman–Crippen MR) is 102 cm³/mol. The Kier molecular flexibility index (Phi) is 5.13. The number of aryl methyl sites for hydroxylation is 1. The van der Waals surface area contributed by atoms with Crippen LogP contribution in [0.5, 0.6) is 0 Å². The van der Waals surface area contributed by atoms with Crippen molar-refractivity contribution < 1.29 is 14.7 Å². The van der Waals surface area contributed by atoms with Crippen LogP contribution in [-0.2, 0) is 4.79 Å². The van der Waals surface area contributed by atoms with Crippen LogP contribution in [0.15, 0.2) is 30.5 Å².